The quantitative estimate of drug-likeness (QED) is 0.868. The van der Waals surface area contributed by atoms with Gasteiger partial charge in [0.1, 0.15) is 0 Å². The Morgan fingerprint density at radius 1 is 1.16 bits per heavy atom. The van der Waals surface area contributed by atoms with Crippen LogP contribution in [-0.4, -0.2) is 16.1 Å². The Bertz CT molecular complexity index is 668. The van der Waals surface area contributed by atoms with E-state index in [0.717, 1.165) is 5.69 Å². The number of rotatable bonds is 4. The number of H-pyrrole nitrogens is 1. The molecule has 0 amide bonds. The van der Waals surface area contributed by atoms with Gasteiger partial charge in [0, 0.05) is 30.5 Å². The molecule has 100 valence electrons. The molecule has 2 aromatic rings. The summed E-state index contributed by atoms with van der Waals surface area (Å²) < 4.78 is 1.50. The molecule has 0 aliphatic rings. The van der Waals surface area contributed by atoms with Crippen LogP contribution >= 0.6 is 0 Å². The number of benzene rings is 1. The van der Waals surface area contributed by atoms with Gasteiger partial charge >= 0.3 is 5.69 Å². The first kappa shape index (κ1) is 13.1. The van der Waals surface area contributed by atoms with Crippen molar-refractivity contribution in [1.29, 1.82) is 0 Å². The molecule has 0 unspecified atom stereocenters. The van der Waals surface area contributed by atoms with Crippen molar-refractivity contribution in [3.05, 3.63) is 62.4 Å². The van der Waals surface area contributed by atoms with Gasteiger partial charge < -0.3 is 5.32 Å². The van der Waals surface area contributed by atoms with E-state index in [4.69, 9.17) is 0 Å². The predicted octanol–water partition coefficient (Wildman–Crippen LogP) is 1.27. The maximum absolute atomic E-state index is 11.6. The van der Waals surface area contributed by atoms with Crippen molar-refractivity contribution in [2.45, 2.75) is 20.4 Å². The molecular formula is C14H17N3O2. The summed E-state index contributed by atoms with van der Waals surface area (Å²) in [6.45, 7) is 4.84. The van der Waals surface area contributed by atoms with Crippen molar-refractivity contribution >= 4 is 5.69 Å². The summed E-state index contributed by atoms with van der Waals surface area (Å²) in [5, 5.41) is 3.23. The zero-order valence-electron chi connectivity index (χ0n) is 11.1. The molecule has 19 heavy (non-hydrogen) atoms. The van der Waals surface area contributed by atoms with Gasteiger partial charge in [-0.15, -0.1) is 0 Å². The highest BCUT2D eigenvalue weighted by Crippen LogP contribution is 2.07. The zero-order chi connectivity index (χ0) is 13.8. The lowest BCUT2D eigenvalue weighted by molar-refractivity contribution is 0.664. The average Bonchev–Trinajstić information content (AvgIpc) is 2.38. The fraction of sp³-hybridized carbons (Fsp3) is 0.286. The molecule has 5 nitrogen and oxygen atoms in total. The SMILES string of the molecule is Cc1ccc(NCCn2cc(C)c(=O)[nH]c2=O)cc1. The fourth-order valence-corrected chi connectivity index (χ4v) is 1.78. The standard InChI is InChI=1S/C14H17N3O2/c1-10-3-5-12(6-4-10)15-7-8-17-9-11(2)13(18)16-14(17)19/h3-6,9,15H,7-8H2,1-2H3,(H,16,18,19). The van der Waals surface area contributed by atoms with Crippen LogP contribution in [0.2, 0.25) is 0 Å². The first-order valence-corrected chi connectivity index (χ1v) is 6.17. The van der Waals surface area contributed by atoms with Gasteiger partial charge in [-0.05, 0) is 26.0 Å². The number of nitrogens with zero attached hydrogens (tertiary/aromatic N) is 1. The number of aryl methyl sites for hydroxylation is 2. The van der Waals surface area contributed by atoms with Crippen LogP contribution in [0.15, 0.2) is 40.1 Å². The third-order valence-electron chi connectivity index (χ3n) is 2.92. The van der Waals surface area contributed by atoms with Crippen LogP contribution in [0, 0.1) is 13.8 Å². The van der Waals surface area contributed by atoms with Crippen LogP contribution in [0.3, 0.4) is 0 Å². The van der Waals surface area contributed by atoms with Crippen LogP contribution in [0.4, 0.5) is 5.69 Å². The minimum atomic E-state index is -0.374. The third-order valence-corrected chi connectivity index (χ3v) is 2.92. The normalized spacial score (nSPS) is 10.4. The average molecular weight is 259 g/mol. The molecule has 2 N–H and O–H groups in total. The lowest BCUT2D eigenvalue weighted by Gasteiger charge is -2.08. The molecule has 0 radical (unpaired) electrons. The Morgan fingerprint density at radius 3 is 2.53 bits per heavy atom. The van der Waals surface area contributed by atoms with Crippen LogP contribution in [0.25, 0.3) is 0 Å². The second kappa shape index (κ2) is 5.56. The first-order chi connectivity index (χ1) is 9.06. The molecule has 5 heteroatoms. The van der Waals surface area contributed by atoms with E-state index < -0.39 is 0 Å². The number of nitrogens with one attached hydrogen (secondary N) is 2. The molecule has 0 fully saturated rings. The molecule has 0 atom stereocenters. The summed E-state index contributed by atoms with van der Waals surface area (Å²) in [6.07, 6.45) is 1.58. The molecule has 1 heterocycles. The summed E-state index contributed by atoms with van der Waals surface area (Å²) in [7, 11) is 0. The Hall–Kier alpha value is -2.30. The summed E-state index contributed by atoms with van der Waals surface area (Å²) in [4.78, 5) is 25.1. The third kappa shape index (κ3) is 3.34. The van der Waals surface area contributed by atoms with E-state index in [1.54, 1.807) is 13.1 Å². The summed E-state index contributed by atoms with van der Waals surface area (Å²) in [5.41, 5.74) is 2.06. The van der Waals surface area contributed by atoms with Crippen molar-refractivity contribution in [2.75, 3.05) is 11.9 Å². The van der Waals surface area contributed by atoms with E-state index in [-0.39, 0.29) is 11.2 Å². The van der Waals surface area contributed by atoms with Gasteiger partial charge in [-0.2, -0.15) is 0 Å². The molecule has 2 rings (SSSR count). The number of hydrogen-bond acceptors (Lipinski definition) is 3. The highest BCUT2D eigenvalue weighted by Gasteiger charge is 2.00. The summed E-state index contributed by atoms with van der Waals surface area (Å²) >= 11 is 0. The monoisotopic (exact) mass is 259 g/mol. The maximum Gasteiger partial charge on any atom is 0.328 e. The lowest BCUT2D eigenvalue weighted by Crippen LogP contribution is -2.32. The molecule has 0 aliphatic carbocycles. The van der Waals surface area contributed by atoms with Crippen molar-refractivity contribution < 1.29 is 0 Å². The van der Waals surface area contributed by atoms with Crippen LogP contribution in [0.5, 0.6) is 0 Å². The van der Waals surface area contributed by atoms with Gasteiger partial charge in [0.2, 0.25) is 0 Å². The second-order valence-electron chi connectivity index (χ2n) is 4.56. The summed E-state index contributed by atoms with van der Waals surface area (Å²) in [6, 6.07) is 8.05. The van der Waals surface area contributed by atoms with Crippen molar-refractivity contribution in [2.24, 2.45) is 0 Å². The summed E-state index contributed by atoms with van der Waals surface area (Å²) in [5.74, 6) is 0. The van der Waals surface area contributed by atoms with Crippen molar-refractivity contribution in [1.82, 2.24) is 9.55 Å². The number of aromatic amines is 1. The minimum absolute atomic E-state index is 0.326. The van der Waals surface area contributed by atoms with Gasteiger partial charge in [0.05, 0.1) is 0 Å². The van der Waals surface area contributed by atoms with E-state index in [1.807, 2.05) is 31.2 Å². The second-order valence-corrected chi connectivity index (χ2v) is 4.56. The van der Waals surface area contributed by atoms with Gasteiger partial charge in [0.15, 0.2) is 0 Å². The number of anilines is 1. The lowest BCUT2D eigenvalue weighted by atomic mass is 10.2. The molecule has 1 aromatic heterocycles. The minimum Gasteiger partial charge on any atom is -0.383 e. The Morgan fingerprint density at radius 2 is 1.84 bits per heavy atom. The van der Waals surface area contributed by atoms with Gasteiger partial charge in [0.25, 0.3) is 5.56 Å². The first-order valence-electron chi connectivity index (χ1n) is 6.17. The van der Waals surface area contributed by atoms with Crippen LogP contribution in [0.1, 0.15) is 11.1 Å². The largest absolute Gasteiger partial charge is 0.383 e. The highest BCUT2D eigenvalue weighted by molar-refractivity contribution is 5.44. The predicted molar refractivity (Wildman–Crippen MR) is 75.7 cm³/mol. The van der Waals surface area contributed by atoms with E-state index in [2.05, 4.69) is 10.3 Å². The molecular weight excluding hydrogens is 242 g/mol. The van der Waals surface area contributed by atoms with Crippen LogP contribution < -0.4 is 16.6 Å². The van der Waals surface area contributed by atoms with Gasteiger partial charge in [-0.3, -0.25) is 14.3 Å². The highest BCUT2D eigenvalue weighted by atomic mass is 16.2. The molecule has 0 aliphatic heterocycles. The topological polar surface area (TPSA) is 66.9 Å². The molecule has 0 spiro atoms. The van der Waals surface area contributed by atoms with Crippen LogP contribution in [-0.2, 0) is 6.54 Å². The van der Waals surface area contributed by atoms with Gasteiger partial charge in [-0.1, -0.05) is 17.7 Å². The Labute approximate surface area is 110 Å². The molecule has 0 bridgehead atoms. The maximum atomic E-state index is 11.6. The fourth-order valence-electron chi connectivity index (χ4n) is 1.78. The Balaban J connectivity index is 2.00. The number of hydrogen-bond donors (Lipinski definition) is 2. The molecule has 0 saturated carbocycles. The van der Waals surface area contributed by atoms with Gasteiger partial charge in [-0.25, -0.2) is 4.79 Å². The zero-order valence-corrected chi connectivity index (χ0v) is 11.1. The van der Waals surface area contributed by atoms with Crippen molar-refractivity contribution in [3.8, 4) is 0 Å². The number of aromatic nitrogens is 2. The molecule has 0 saturated heterocycles. The van der Waals surface area contributed by atoms with E-state index in [0.29, 0.717) is 18.7 Å². The Kier molecular flexibility index (Phi) is 3.85. The molecule has 1 aromatic carbocycles. The van der Waals surface area contributed by atoms with Crippen molar-refractivity contribution in [3.63, 3.8) is 0 Å². The van der Waals surface area contributed by atoms with E-state index in [9.17, 15) is 9.59 Å². The van der Waals surface area contributed by atoms with E-state index in [1.165, 1.54) is 10.1 Å². The van der Waals surface area contributed by atoms with E-state index >= 15 is 0 Å². The smallest absolute Gasteiger partial charge is 0.328 e.